The minimum atomic E-state index is -3.30. The van der Waals surface area contributed by atoms with Crippen LogP contribution in [0.5, 0.6) is 0 Å². The lowest BCUT2D eigenvalue weighted by molar-refractivity contribution is 0.515. The van der Waals surface area contributed by atoms with Crippen LogP contribution in [0, 0.1) is 0 Å². The maximum atomic E-state index is 12.2. The van der Waals surface area contributed by atoms with Crippen LogP contribution in [0.25, 0.3) is 22.8 Å². The Morgan fingerprint density at radius 3 is 2.46 bits per heavy atom. The van der Waals surface area contributed by atoms with E-state index in [1.807, 2.05) is 52.6 Å². The number of nitrogens with zero attached hydrogens (tertiary/aromatic N) is 5. The third-order valence-corrected chi connectivity index (χ3v) is 6.11. The van der Waals surface area contributed by atoms with Crippen molar-refractivity contribution in [3.05, 3.63) is 49.1 Å². The van der Waals surface area contributed by atoms with Crippen LogP contribution in [0.15, 0.2) is 49.1 Å². The molecule has 3 rings (SSSR count). The van der Waals surface area contributed by atoms with Gasteiger partial charge in [-0.15, -0.1) is 0 Å². The van der Waals surface area contributed by atoms with Crippen molar-refractivity contribution < 1.29 is 8.42 Å². The number of hydrogen-bond acceptors (Lipinski definition) is 4. The zero-order chi connectivity index (χ0) is 18.7. The molecule has 3 aromatic rings. The lowest BCUT2D eigenvalue weighted by atomic mass is 10.1. The van der Waals surface area contributed by atoms with Crippen molar-refractivity contribution in [2.75, 3.05) is 19.8 Å². The minimum Gasteiger partial charge on any atom is -0.330 e. The fraction of sp³-hybridized carbons (Fsp3) is 0.333. The molecule has 0 aliphatic rings. The zero-order valence-corrected chi connectivity index (χ0v) is 16.0. The van der Waals surface area contributed by atoms with Gasteiger partial charge in [-0.05, 0) is 6.92 Å². The van der Waals surface area contributed by atoms with Crippen molar-refractivity contribution in [2.45, 2.75) is 20.0 Å². The minimum absolute atomic E-state index is 0.00439. The summed E-state index contributed by atoms with van der Waals surface area (Å²) in [6.07, 6.45) is 5.36. The Kier molecular flexibility index (Phi) is 5.24. The topological polar surface area (TPSA) is 73.0 Å². The molecule has 138 valence electrons. The molecule has 1 aromatic carbocycles. The number of hydrogen-bond donors (Lipinski definition) is 0. The van der Waals surface area contributed by atoms with Gasteiger partial charge in [0.05, 0.1) is 17.8 Å². The average Bonchev–Trinajstić information content (AvgIpc) is 3.26. The van der Waals surface area contributed by atoms with E-state index in [1.54, 1.807) is 26.6 Å². The number of sulfonamides is 1. The van der Waals surface area contributed by atoms with Gasteiger partial charge in [0.25, 0.3) is 0 Å². The summed E-state index contributed by atoms with van der Waals surface area (Å²) in [5.41, 5.74) is 2.60. The van der Waals surface area contributed by atoms with E-state index in [0.29, 0.717) is 6.54 Å². The summed E-state index contributed by atoms with van der Waals surface area (Å²) in [6.45, 7) is 3.13. The number of benzene rings is 1. The second-order valence-corrected chi connectivity index (χ2v) is 8.44. The second-order valence-electron chi connectivity index (χ2n) is 6.14. The third-order valence-electron chi connectivity index (χ3n) is 4.30. The monoisotopic (exact) mass is 373 g/mol. The molecule has 0 unspecified atom stereocenters. The quantitative estimate of drug-likeness (QED) is 0.637. The summed E-state index contributed by atoms with van der Waals surface area (Å²) in [5.74, 6) is 0.788. The number of imidazole rings is 2. The van der Waals surface area contributed by atoms with E-state index in [1.165, 1.54) is 4.31 Å². The van der Waals surface area contributed by atoms with Crippen LogP contribution in [0.4, 0.5) is 0 Å². The largest absolute Gasteiger partial charge is 0.330 e. The lowest BCUT2D eigenvalue weighted by Crippen LogP contribution is -2.27. The average molecular weight is 373 g/mol. The first kappa shape index (κ1) is 18.3. The Morgan fingerprint density at radius 2 is 1.81 bits per heavy atom. The highest BCUT2D eigenvalue weighted by Gasteiger charge is 2.21. The van der Waals surface area contributed by atoms with Gasteiger partial charge in [-0.25, -0.2) is 22.7 Å². The molecule has 2 aromatic heterocycles. The molecule has 2 heterocycles. The molecule has 0 spiro atoms. The summed E-state index contributed by atoms with van der Waals surface area (Å²) in [5, 5.41) is 0. The van der Waals surface area contributed by atoms with E-state index in [9.17, 15) is 8.42 Å². The first-order chi connectivity index (χ1) is 12.4. The predicted molar refractivity (Wildman–Crippen MR) is 102 cm³/mol. The van der Waals surface area contributed by atoms with Crippen molar-refractivity contribution in [1.82, 2.24) is 23.4 Å². The van der Waals surface area contributed by atoms with Crippen LogP contribution >= 0.6 is 0 Å². The summed E-state index contributed by atoms with van der Waals surface area (Å²) in [4.78, 5) is 9.06. The van der Waals surface area contributed by atoms with Gasteiger partial charge < -0.3 is 9.13 Å². The van der Waals surface area contributed by atoms with Gasteiger partial charge in [0, 0.05) is 45.1 Å². The fourth-order valence-corrected chi connectivity index (χ4v) is 3.56. The van der Waals surface area contributed by atoms with Crippen LogP contribution in [0.1, 0.15) is 6.92 Å². The number of aryl methyl sites for hydroxylation is 2. The fourth-order valence-electron chi connectivity index (χ4n) is 2.77. The van der Waals surface area contributed by atoms with E-state index in [-0.39, 0.29) is 5.75 Å². The molecule has 0 aliphatic heterocycles. The molecule has 0 amide bonds. The van der Waals surface area contributed by atoms with Crippen molar-refractivity contribution >= 4 is 10.0 Å². The molecule has 0 fully saturated rings. The number of aromatic nitrogens is 4. The van der Waals surface area contributed by atoms with E-state index >= 15 is 0 Å². The van der Waals surface area contributed by atoms with Crippen LogP contribution < -0.4 is 0 Å². The molecule has 0 atom stereocenters. The van der Waals surface area contributed by atoms with Gasteiger partial charge in [-0.2, -0.15) is 0 Å². The Balaban J connectivity index is 2.07. The van der Waals surface area contributed by atoms with Crippen LogP contribution in [0.2, 0.25) is 0 Å². The highest BCUT2D eigenvalue weighted by Crippen LogP contribution is 2.30. The maximum Gasteiger partial charge on any atom is 0.215 e. The Bertz CT molecular complexity index is 974. The Hall–Kier alpha value is -2.45. The van der Waals surface area contributed by atoms with Crippen LogP contribution in [-0.2, 0) is 23.1 Å². The van der Waals surface area contributed by atoms with E-state index in [0.717, 1.165) is 29.3 Å². The van der Waals surface area contributed by atoms with Crippen molar-refractivity contribution in [3.63, 3.8) is 0 Å². The SMILES string of the molecule is CCn1ccnc1-c1c(-c2ccccc2)ncn1CCS(=O)(=O)N(C)C. The van der Waals surface area contributed by atoms with Crippen molar-refractivity contribution in [1.29, 1.82) is 0 Å². The maximum absolute atomic E-state index is 12.2. The smallest absolute Gasteiger partial charge is 0.215 e. The molecule has 0 radical (unpaired) electrons. The van der Waals surface area contributed by atoms with E-state index < -0.39 is 10.0 Å². The van der Waals surface area contributed by atoms with Gasteiger partial charge >= 0.3 is 0 Å². The summed E-state index contributed by atoms with van der Waals surface area (Å²) in [7, 11) is -0.206. The third kappa shape index (κ3) is 3.56. The predicted octanol–water partition coefficient (Wildman–Crippen LogP) is 2.32. The molecule has 0 saturated carbocycles. The van der Waals surface area contributed by atoms with Gasteiger partial charge in [0.15, 0.2) is 5.82 Å². The summed E-state index contributed by atoms with van der Waals surface area (Å²) in [6, 6.07) is 9.86. The molecular weight excluding hydrogens is 350 g/mol. The van der Waals surface area contributed by atoms with Gasteiger partial charge in [-0.3, -0.25) is 0 Å². The summed E-state index contributed by atoms with van der Waals surface area (Å²) >= 11 is 0. The van der Waals surface area contributed by atoms with E-state index in [4.69, 9.17) is 0 Å². The van der Waals surface area contributed by atoms with E-state index in [2.05, 4.69) is 9.97 Å². The Morgan fingerprint density at radius 1 is 1.08 bits per heavy atom. The first-order valence-corrected chi connectivity index (χ1v) is 10.1. The highest BCUT2D eigenvalue weighted by molar-refractivity contribution is 7.89. The van der Waals surface area contributed by atoms with Crippen LogP contribution in [-0.4, -0.2) is 51.7 Å². The van der Waals surface area contributed by atoms with Gasteiger partial charge in [0.2, 0.25) is 10.0 Å². The first-order valence-electron chi connectivity index (χ1n) is 8.46. The van der Waals surface area contributed by atoms with Crippen LogP contribution in [0.3, 0.4) is 0 Å². The molecule has 0 aliphatic carbocycles. The Labute approximate surface area is 154 Å². The lowest BCUT2D eigenvalue weighted by Gasteiger charge is -2.14. The number of rotatable bonds is 7. The van der Waals surface area contributed by atoms with Crippen molar-refractivity contribution in [2.24, 2.45) is 0 Å². The molecule has 0 saturated heterocycles. The zero-order valence-electron chi connectivity index (χ0n) is 15.2. The van der Waals surface area contributed by atoms with Gasteiger partial charge in [-0.1, -0.05) is 30.3 Å². The molecular formula is C18H23N5O2S. The molecule has 8 heteroatoms. The molecule has 7 nitrogen and oxygen atoms in total. The summed E-state index contributed by atoms with van der Waals surface area (Å²) < 4.78 is 29.5. The standard InChI is InChI=1S/C18H23N5O2S/c1-4-22-11-10-19-18(22)17-16(15-8-6-5-7-9-15)20-14-23(17)12-13-26(24,25)21(2)3/h5-11,14H,4,12-13H2,1-3H3. The second kappa shape index (κ2) is 7.43. The van der Waals surface area contributed by atoms with Gasteiger partial charge in [0.1, 0.15) is 5.69 Å². The van der Waals surface area contributed by atoms with Crippen molar-refractivity contribution in [3.8, 4) is 22.8 Å². The molecule has 0 bridgehead atoms. The highest BCUT2D eigenvalue weighted by atomic mass is 32.2. The molecule has 0 N–H and O–H groups in total. The normalized spacial score (nSPS) is 12.0. The molecule has 26 heavy (non-hydrogen) atoms.